The zero-order valence-corrected chi connectivity index (χ0v) is 15.3. The smallest absolute Gasteiger partial charge is 0.410 e. The van der Waals surface area contributed by atoms with Crippen LogP contribution in [-0.4, -0.2) is 49.0 Å². The van der Waals surface area contributed by atoms with Gasteiger partial charge in [0.25, 0.3) is 0 Å². The fraction of sp³-hybridized carbons (Fsp3) is 0.824. The van der Waals surface area contributed by atoms with Crippen molar-refractivity contribution >= 4 is 14.2 Å². The van der Waals surface area contributed by atoms with Crippen molar-refractivity contribution in [1.29, 1.82) is 0 Å². The Morgan fingerprint density at radius 3 is 2.73 bits per heavy atom. The molecule has 0 aromatic rings. The topological polar surface area (TPSA) is 49.8 Å². The Labute approximate surface area is 135 Å². The minimum absolute atomic E-state index is 0.0586. The molecule has 4 nitrogen and oxygen atoms in total. The molecule has 5 heteroatoms. The largest absolute Gasteiger partial charge is 0.450 e. The van der Waals surface area contributed by atoms with Gasteiger partial charge in [-0.25, -0.2) is 4.79 Å². The highest BCUT2D eigenvalue weighted by Crippen LogP contribution is 2.42. The van der Waals surface area contributed by atoms with E-state index >= 15 is 0 Å². The molecule has 1 heterocycles. The number of hydrogen-bond acceptors (Lipinski definition) is 3. The van der Waals surface area contributed by atoms with Gasteiger partial charge < -0.3 is 14.7 Å². The predicted molar refractivity (Wildman–Crippen MR) is 90.2 cm³/mol. The third-order valence-corrected chi connectivity index (χ3v) is 5.48. The Bertz CT molecular complexity index is 477. The number of fused-ring (bicyclic) bond motifs is 1. The van der Waals surface area contributed by atoms with Crippen LogP contribution in [0.3, 0.4) is 0 Å². The maximum absolute atomic E-state index is 12.2. The molecule has 1 N–H and O–H groups in total. The summed E-state index contributed by atoms with van der Waals surface area (Å²) in [4.78, 5) is 14.0. The maximum Gasteiger partial charge on any atom is 0.410 e. The molecule has 1 saturated heterocycles. The quantitative estimate of drug-likeness (QED) is 0.596. The first-order valence-electron chi connectivity index (χ1n) is 8.47. The van der Waals surface area contributed by atoms with Gasteiger partial charge in [-0.1, -0.05) is 25.6 Å². The summed E-state index contributed by atoms with van der Waals surface area (Å²) < 4.78 is 5.19. The molecule has 3 unspecified atom stereocenters. The molecule has 2 rings (SSSR count). The van der Waals surface area contributed by atoms with Gasteiger partial charge in [0.05, 0.1) is 6.61 Å². The van der Waals surface area contributed by atoms with Crippen molar-refractivity contribution < 1.29 is 14.6 Å². The average Bonchev–Trinajstić information content (AvgIpc) is 2.45. The predicted octanol–water partition coefficient (Wildman–Crippen LogP) is 3.02. The van der Waals surface area contributed by atoms with Crippen LogP contribution in [0.15, 0.2) is 0 Å². The van der Waals surface area contributed by atoms with Crippen molar-refractivity contribution in [2.45, 2.75) is 70.3 Å². The molecular weight excluding hydrogens is 294 g/mol. The number of ether oxygens (including phenoxy) is 1. The Hall–Kier alpha value is -0.993. The molecule has 0 aromatic heterocycles. The molecule has 0 spiro atoms. The second-order valence-electron chi connectivity index (χ2n) is 7.52. The van der Waals surface area contributed by atoms with E-state index < -0.39 is 13.7 Å². The van der Waals surface area contributed by atoms with Crippen molar-refractivity contribution in [3.05, 3.63) is 0 Å². The molecule has 3 atom stereocenters. The van der Waals surface area contributed by atoms with Crippen molar-refractivity contribution in [2.24, 2.45) is 5.92 Å². The first-order chi connectivity index (χ1) is 10.3. The van der Waals surface area contributed by atoms with Crippen LogP contribution in [0.25, 0.3) is 0 Å². The van der Waals surface area contributed by atoms with Gasteiger partial charge in [0.1, 0.15) is 13.7 Å². The highest BCUT2D eigenvalue weighted by Gasteiger charge is 2.48. The zero-order chi connectivity index (χ0) is 16.4. The van der Waals surface area contributed by atoms with Crippen LogP contribution in [0.4, 0.5) is 4.79 Å². The third kappa shape index (κ3) is 3.85. The summed E-state index contributed by atoms with van der Waals surface area (Å²) >= 11 is 0. The lowest BCUT2D eigenvalue weighted by Crippen LogP contribution is -2.58. The Morgan fingerprint density at radius 1 is 1.36 bits per heavy atom. The summed E-state index contributed by atoms with van der Waals surface area (Å²) in [5.41, 5.74) is 2.40. The summed E-state index contributed by atoms with van der Waals surface area (Å²) in [7, 11) is -1.52. The molecule has 22 heavy (non-hydrogen) atoms. The molecule has 0 aromatic carbocycles. The van der Waals surface area contributed by atoms with Crippen LogP contribution in [0.5, 0.6) is 0 Å². The lowest BCUT2D eigenvalue weighted by molar-refractivity contribution is -0.0638. The number of nitrogens with zero attached hydrogens (tertiary/aromatic N) is 1. The number of piperidine rings is 1. The van der Waals surface area contributed by atoms with Gasteiger partial charge in [0, 0.05) is 18.5 Å². The highest BCUT2D eigenvalue weighted by atomic mass is 28.3. The van der Waals surface area contributed by atoms with Crippen LogP contribution < -0.4 is 0 Å². The molecule has 1 amide bonds. The van der Waals surface area contributed by atoms with Gasteiger partial charge in [-0.15, -0.1) is 5.54 Å². The summed E-state index contributed by atoms with van der Waals surface area (Å²) in [6, 6.07) is 0.0717. The highest BCUT2D eigenvalue weighted by molar-refractivity contribution is 6.83. The van der Waals surface area contributed by atoms with Crippen LogP contribution >= 0.6 is 0 Å². The van der Waals surface area contributed by atoms with E-state index in [0.29, 0.717) is 6.61 Å². The average molecular weight is 324 g/mol. The minimum atomic E-state index is -1.52. The van der Waals surface area contributed by atoms with Crippen molar-refractivity contribution in [1.82, 2.24) is 4.90 Å². The third-order valence-electron chi connectivity index (χ3n) is 4.61. The molecular formula is C17H29NO3Si. The zero-order valence-electron chi connectivity index (χ0n) is 14.3. The van der Waals surface area contributed by atoms with Crippen LogP contribution in [0.2, 0.25) is 19.6 Å². The minimum Gasteiger partial charge on any atom is -0.450 e. The fourth-order valence-corrected chi connectivity index (χ4v) is 4.21. The van der Waals surface area contributed by atoms with Crippen LogP contribution in [0, 0.1) is 17.4 Å². The Kier molecular flexibility index (Phi) is 5.24. The van der Waals surface area contributed by atoms with Crippen molar-refractivity contribution in [2.75, 3.05) is 13.2 Å². The van der Waals surface area contributed by atoms with Gasteiger partial charge in [0.15, 0.2) is 0 Å². The van der Waals surface area contributed by atoms with E-state index in [4.69, 9.17) is 4.74 Å². The lowest BCUT2D eigenvalue weighted by atomic mass is 9.68. The molecule has 0 radical (unpaired) electrons. The van der Waals surface area contributed by atoms with E-state index in [1.807, 2.05) is 11.8 Å². The number of carbonyl (C=O) groups excluding carboxylic acids is 1. The maximum atomic E-state index is 12.2. The van der Waals surface area contributed by atoms with Gasteiger partial charge in [0.2, 0.25) is 0 Å². The Morgan fingerprint density at radius 2 is 2.09 bits per heavy atom. The second-order valence-corrected chi connectivity index (χ2v) is 12.3. The standard InChI is InChI=1S/C17H29NO3Si/c1-5-21-16(19)18-12-7-8-14-15(18)9-6-10-17(14,20)11-13-22(2,3)4/h14-15,20H,5-10,12H2,1-4H3. The van der Waals surface area contributed by atoms with Gasteiger partial charge >= 0.3 is 6.09 Å². The summed E-state index contributed by atoms with van der Waals surface area (Å²) in [5, 5.41) is 11.1. The normalized spacial score (nSPS) is 31.8. The number of aliphatic hydroxyl groups is 1. The number of rotatable bonds is 1. The van der Waals surface area contributed by atoms with Crippen molar-refractivity contribution in [3.8, 4) is 11.5 Å². The fourth-order valence-electron chi connectivity index (χ4n) is 3.62. The Balaban J connectivity index is 2.22. The van der Waals surface area contributed by atoms with Crippen LogP contribution in [-0.2, 0) is 4.74 Å². The summed E-state index contributed by atoms with van der Waals surface area (Å²) in [6.45, 7) is 9.53. The first-order valence-corrected chi connectivity index (χ1v) is 12.0. The molecule has 0 bridgehead atoms. The van der Waals surface area contributed by atoms with Crippen LogP contribution in [0.1, 0.15) is 39.0 Å². The van der Waals surface area contributed by atoms with E-state index in [1.165, 1.54) is 0 Å². The molecule has 1 aliphatic heterocycles. The molecule has 2 aliphatic rings. The monoisotopic (exact) mass is 323 g/mol. The van der Waals surface area contributed by atoms with Gasteiger partial charge in [-0.2, -0.15) is 0 Å². The lowest BCUT2D eigenvalue weighted by Gasteiger charge is -2.49. The van der Waals surface area contributed by atoms with E-state index in [1.54, 1.807) is 0 Å². The SMILES string of the molecule is CCOC(=O)N1CCCC2C1CCCC2(O)C#C[Si](C)(C)C. The number of hydrogen-bond donors (Lipinski definition) is 1. The van der Waals surface area contributed by atoms with E-state index in [2.05, 4.69) is 31.1 Å². The molecule has 2 fully saturated rings. The molecule has 1 aliphatic carbocycles. The van der Waals surface area contributed by atoms with Gasteiger partial charge in [-0.05, 0) is 39.0 Å². The number of likely N-dealkylation sites (tertiary alicyclic amines) is 1. The summed E-state index contributed by atoms with van der Waals surface area (Å²) in [6.07, 6.45) is 4.20. The van der Waals surface area contributed by atoms with Gasteiger partial charge in [-0.3, -0.25) is 0 Å². The van der Waals surface area contributed by atoms with E-state index in [0.717, 1.165) is 38.6 Å². The second kappa shape index (κ2) is 6.63. The molecule has 1 saturated carbocycles. The number of amides is 1. The summed E-state index contributed by atoms with van der Waals surface area (Å²) in [5.74, 6) is 3.28. The molecule has 124 valence electrons. The first kappa shape index (κ1) is 17.4. The van der Waals surface area contributed by atoms with Crippen molar-refractivity contribution in [3.63, 3.8) is 0 Å². The number of carbonyl (C=O) groups is 1. The van der Waals surface area contributed by atoms with E-state index in [-0.39, 0.29) is 18.1 Å². The van der Waals surface area contributed by atoms with E-state index in [9.17, 15) is 9.90 Å².